The lowest BCUT2D eigenvalue weighted by atomic mass is 10.1. The Morgan fingerprint density at radius 3 is 1.30 bits per heavy atom. The molecule has 0 saturated carbocycles. The van der Waals surface area contributed by atoms with E-state index >= 15 is 0 Å². The standard InChI is InChI=1S/C39H64O4.C2H6O2/c1-4-6-8-10-12-14-16-18-20-22-24-26-28-30-32-34-38(40)42-36-37(3)43-39(41)35-33-31-29-27-25-23-21-19-17-15-13-11-9-7-5-2;3-1-2-4/h6-9,12-15,18-21,37H,4-5,10-11,16-17,22-36H2,1-3H3;3-4H,1-2H2/b8-6-,9-7-,14-12-,15-13-,20-18-,21-19-;. The molecule has 0 fully saturated rings. The van der Waals surface area contributed by atoms with Gasteiger partial charge < -0.3 is 19.7 Å². The number of esters is 2. The van der Waals surface area contributed by atoms with Gasteiger partial charge in [0.25, 0.3) is 0 Å². The highest BCUT2D eigenvalue weighted by molar-refractivity contribution is 5.70. The maximum absolute atomic E-state index is 12.1. The van der Waals surface area contributed by atoms with Gasteiger partial charge in [-0.05, 0) is 84.0 Å². The Bertz CT molecular complexity index is 850. The van der Waals surface area contributed by atoms with Crippen molar-refractivity contribution in [3.63, 3.8) is 0 Å². The van der Waals surface area contributed by atoms with Crippen molar-refractivity contribution in [2.75, 3.05) is 19.8 Å². The largest absolute Gasteiger partial charge is 0.462 e. The average molecular weight is 659 g/mol. The summed E-state index contributed by atoms with van der Waals surface area (Å²) in [5.74, 6) is -0.397. The zero-order chi connectivity index (χ0) is 34.9. The van der Waals surface area contributed by atoms with E-state index in [1.807, 2.05) is 0 Å². The summed E-state index contributed by atoms with van der Waals surface area (Å²) in [4.78, 5) is 24.1. The third-order valence-electron chi connectivity index (χ3n) is 6.98. The molecule has 6 nitrogen and oxygen atoms in total. The summed E-state index contributed by atoms with van der Waals surface area (Å²) in [6.07, 6.45) is 46.5. The second-order valence-corrected chi connectivity index (χ2v) is 11.6. The number of rotatable bonds is 30. The number of aliphatic hydroxyl groups is 2. The van der Waals surface area contributed by atoms with Crippen molar-refractivity contribution in [1.29, 1.82) is 0 Å². The highest BCUT2D eigenvalue weighted by atomic mass is 16.6. The topological polar surface area (TPSA) is 93.1 Å². The van der Waals surface area contributed by atoms with Crippen molar-refractivity contribution in [2.45, 2.75) is 155 Å². The molecule has 1 unspecified atom stereocenters. The normalized spacial score (nSPS) is 12.6. The van der Waals surface area contributed by atoms with Crippen LogP contribution in [-0.2, 0) is 19.1 Å². The maximum Gasteiger partial charge on any atom is 0.306 e. The summed E-state index contributed by atoms with van der Waals surface area (Å²) in [5.41, 5.74) is 0. The predicted octanol–water partition coefficient (Wildman–Crippen LogP) is 10.6. The first-order chi connectivity index (χ1) is 23.0. The van der Waals surface area contributed by atoms with Gasteiger partial charge in [-0.15, -0.1) is 0 Å². The maximum atomic E-state index is 12.1. The molecule has 0 rings (SSSR count). The van der Waals surface area contributed by atoms with Crippen molar-refractivity contribution < 1.29 is 29.3 Å². The van der Waals surface area contributed by atoms with Gasteiger partial charge in [-0.25, -0.2) is 0 Å². The van der Waals surface area contributed by atoms with Gasteiger partial charge in [-0.1, -0.05) is 125 Å². The molecule has 2 N–H and O–H groups in total. The smallest absolute Gasteiger partial charge is 0.306 e. The fraction of sp³-hybridized carbons (Fsp3) is 0.659. The Kier molecular flexibility index (Phi) is 40.8. The molecule has 0 saturated heterocycles. The lowest BCUT2D eigenvalue weighted by Crippen LogP contribution is -2.22. The van der Waals surface area contributed by atoms with Crippen LogP contribution in [0.5, 0.6) is 0 Å². The minimum absolute atomic E-state index is 0.125. The molecular weight excluding hydrogens is 588 g/mol. The Morgan fingerprint density at radius 1 is 0.511 bits per heavy atom. The van der Waals surface area contributed by atoms with E-state index in [1.54, 1.807) is 6.92 Å². The predicted molar refractivity (Wildman–Crippen MR) is 199 cm³/mol. The molecule has 6 heteroatoms. The third kappa shape index (κ3) is 43.3. The van der Waals surface area contributed by atoms with E-state index in [0.717, 1.165) is 89.9 Å². The lowest BCUT2D eigenvalue weighted by Gasteiger charge is -2.13. The van der Waals surface area contributed by atoms with Gasteiger partial charge in [0.2, 0.25) is 0 Å². The highest BCUT2D eigenvalue weighted by Gasteiger charge is 2.12. The van der Waals surface area contributed by atoms with Gasteiger partial charge in [0, 0.05) is 12.8 Å². The monoisotopic (exact) mass is 659 g/mol. The first kappa shape index (κ1) is 46.4. The molecule has 47 heavy (non-hydrogen) atoms. The van der Waals surface area contributed by atoms with Crippen LogP contribution in [0, 0.1) is 0 Å². The summed E-state index contributed by atoms with van der Waals surface area (Å²) in [5, 5.41) is 15.2. The number of carbonyl (C=O) groups excluding carboxylic acids is 2. The lowest BCUT2D eigenvalue weighted by molar-refractivity contribution is -0.158. The van der Waals surface area contributed by atoms with Crippen LogP contribution >= 0.6 is 0 Å². The Labute approximate surface area is 288 Å². The van der Waals surface area contributed by atoms with E-state index in [-0.39, 0.29) is 31.8 Å². The van der Waals surface area contributed by atoms with Crippen molar-refractivity contribution >= 4 is 11.9 Å². The summed E-state index contributed by atoms with van der Waals surface area (Å²) < 4.78 is 10.7. The molecule has 0 aromatic rings. The quantitative estimate of drug-likeness (QED) is 0.0453. The molecule has 0 aliphatic rings. The third-order valence-corrected chi connectivity index (χ3v) is 6.98. The van der Waals surface area contributed by atoms with Gasteiger partial charge in [-0.2, -0.15) is 0 Å². The first-order valence-corrected chi connectivity index (χ1v) is 18.5. The molecular formula is C41H70O6. The van der Waals surface area contributed by atoms with E-state index in [2.05, 4.69) is 86.8 Å². The summed E-state index contributed by atoms with van der Waals surface area (Å²) in [6, 6.07) is 0. The summed E-state index contributed by atoms with van der Waals surface area (Å²) in [7, 11) is 0. The highest BCUT2D eigenvalue weighted by Crippen LogP contribution is 2.11. The molecule has 1 atom stereocenters. The van der Waals surface area contributed by atoms with Crippen LogP contribution < -0.4 is 0 Å². The minimum atomic E-state index is -0.396. The first-order valence-electron chi connectivity index (χ1n) is 18.5. The molecule has 0 spiro atoms. The molecule has 0 heterocycles. The van der Waals surface area contributed by atoms with Crippen LogP contribution in [0.4, 0.5) is 0 Å². The van der Waals surface area contributed by atoms with Crippen molar-refractivity contribution in [3.8, 4) is 0 Å². The Morgan fingerprint density at radius 2 is 0.872 bits per heavy atom. The van der Waals surface area contributed by atoms with E-state index < -0.39 is 6.10 Å². The number of hydrogen-bond acceptors (Lipinski definition) is 6. The SMILES string of the molecule is CC/C=C\C/C=C\C/C=C\CCCCCCCC(=O)OCC(C)OC(=O)CCCCCCC/C=C\C/C=C\C/C=C\CC.OCCO. The van der Waals surface area contributed by atoms with Crippen molar-refractivity contribution in [3.05, 3.63) is 72.9 Å². The number of aliphatic hydroxyl groups excluding tert-OH is 2. The van der Waals surface area contributed by atoms with Gasteiger partial charge >= 0.3 is 11.9 Å². The van der Waals surface area contributed by atoms with E-state index in [0.29, 0.717) is 12.8 Å². The summed E-state index contributed by atoms with van der Waals surface area (Å²) >= 11 is 0. The molecule has 0 aliphatic heterocycles. The number of carbonyl (C=O) groups is 2. The van der Waals surface area contributed by atoms with Crippen LogP contribution in [0.1, 0.15) is 149 Å². The molecule has 0 bridgehead atoms. The van der Waals surface area contributed by atoms with Crippen LogP contribution in [0.25, 0.3) is 0 Å². The molecule has 0 amide bonds. The number of hydrogen-bond donors (Lipinski definition) is 2. The zero-order valence-corrected chi connectivity index (χ0v) is 30.3. The van der Waals surface area contributed by atoms with E-state index in [9.17, 15) is 9.59 Å². The van der Waals surface area contributed by atoms with Crippen LogP contribution in [0.3, 0.4) is 0 Å². The fourth-order valence-electron chi connectivity index (χ4n) is 4.38. The second kappa shape index (κ2) is 41.3. The Hall–Kier alpha value is -2.70. The van der Waals surface area contributed by atoms with Crippen LogP contribution in [0.15, 0.2) is 72.9 Å². The van der Waals surface area contributed by atoms with Gasteiger partial charge in [0.1, 0.15) is 12.7 Å². The zero-order valence-electron chi connectivity index (χ0n) is 30.3. The molecule has 270 valence electrons. The molecule has 0 radical (unpaired) electrons. The summed E-state index contributed by atoms with van der Waals surface area (Å²) in [6.45, 7) is 5.98. The van der Waals surface area contributed by atoms with E-state index in [4.69, 9.17) is 19.7 Å². The van der Waals surface area contributed by atoms with Crippen LogP contribution in [0.2, 0.25) is 0 Å². The average Bonchev–Trinajstić information content (AvgIpc) is 3.07. The molecule has 0 aliphatic carbocycles. The van der Waals surface area contributed by atoms with E-state index in [1.165, 1.54) is 25.7 Å². The number of allylic oxidation sites excluding steroid dienone is 12. The molecule has 0 aromatic carbocycles. The number of ether oxygens (including phenoxy) is 2. The Balaban J connectivity index is 0. The van der Waals surface area contributed by atoms with Crippen molar-refractivity contribution in [1.82, 2.24) is 0 Å². The molecule has 0 aromatic heterocycles. The van der Waals surface area contributed by atoms with Gasteiger partial charge in [0.05, 0.1) is 13.2 Å². The second-order valence-electron chi connectivity index (χ2n) is 11.6. The van der Waals surface area contributed by atoms with Gasteiger partial charge in [-0.3, -0.25) is 9.59 Å². The minimum Gasteiger partial charge on any atom is -0.462 e. The fourth-order valence-corrected chi connectivity index (χ4v) is 4.38. The number of unbranched alkanes of at least 4 members (excludes halogenated alkanes) is 10. The van der Waals surface area contributed by atoms with Gasteiger partial charge in [0.15, 0.2) is 0 Å². The van der Waals surface area contributed by atoms with Crippen molar-refractivity contribution in [2.24, 2.45) is 0 Å². The van der Waals surface area contributed by atoms with Crippen LogP contribution in [-0.4, -0.2) is 48.1 Å².